The Balaban J connectivity index is 1.56. The molecule has 1 aliphatic carbocycles. The van der Waals surface area contributed by atoms with Gasteiger partial charge in [-0.05, 0) is 37.5 Å². The van der Waals surface area contributed by atoms with Crippen molar-refractivity contribution in [2.75, 3.05) is 6.61 Å². The molecule has 1 aliphatic rings. The summed E-state index contributed by atoms with van der Waals surface area (Å²) in [5.41, 5.74) is 1.29. The largest absolute Gasteiger partial charge is 0.471 e. The van der Waals surface area contributed by atoms with Crippen molar-refractivity contribution >= 4 is 11.7 Å². The number of rotatable bonds is 9. The minimum Gasteiger partial charge on any atom is -0.471 e. The van der Waals surface area contributed by atoms with Crippen molar-refractivity contribution in [3.8, 4) is 5.88 Å². The van der Waals surface area contributed by atoms with Gasteiger partial charge in [0.2, 0.25) is 5.88 Å². The quantitative estimate of drug-likeness (QED) is 0.575. The SMILES string of the molecule is CC(NC(=O)c1ccnc(CC(=O)C2CC2)c1)c1ccc(OCC(F)(F)C(F)(F)F)nc1. The second kappa shape index (κ2) is 9.17. The average Bonchev–Trinajstić information content (AvgIpc) is 3.57. The van der Waals surface area contributed by atoms with Gasteiger partial charge in [-0.2, -0.15) is 22.0 Å². The molecule has 1 fully saturated rings. The summed E-state index contributed by atoms with van der Waals surface area (Å²) in [7, 11) is 0. The number of carbonyl (C=O) groups is 2. The van der Waals surface area contributed by atoms with E-state index in [2.05, 4.69) is 20.0 Å². The van der Waals surface area contributed by atoms with Gasteiger partial charge in [0.25, 0.3) is 5.91 Å². The summed E-state index contributed by atoms with van der Waals surface area (Å²) >= 11 is 0. The van der Waals surface area contributed by atoms with Crippen LogP contribution < -0.4 is 10.1 Å². The third-order valence-electron chi connectivity index (χ3n) is 4.89. The lowest BCUT2D eigenvalue weighted by Gasteiger charge is -2.19. The van der Waals surface area contributed by atoms with Gasteiger partial charge in [-0.3, -0.25) is 14.6 Å². The number of pyridine rings is 2. The van der Waals surface area contributed by atoms with Crippen LogP contribution >= 0.6 is 0 Å². The lowest BCUT2D eigenvalue weighted by atomic mass is 10.1. The number of hydrogen-bond acceptors (Lipinski definition) is 5. The number of amides is 1. The van der Waals surface area contributed by atoms with E-state index in [9.17, 15) is 31.5 Å². The molecule has 0 aromatic carbocycles. The molecule has 1 unspecified atom stereocenters. The van der Waals surface area contributed by atoms with Crippen LogP contribution in [0.25, 0.3) is 0 Å². The summed E-state index contributed by atoms with van der Waals surface area (Å²) in [4.78, 5) is 32.3. The molecule has 1 atom stereocenters. The van der Waals surface area contributed by atoms with Gasteiger partial charge in [0.05, 0.1) is 6.04 Å². The number of alkyl halides is 5. The highest BCUT2D eigenvalue weighted by molar-refractivity contribution is 5.94. The highest BCUT2D eigenvalue weighted by atomic mass is 19.4. The van der Waals surface area contributed by atoms with E-state index in [4.69, 9.17) is 0 Å². The second-order valence-corrected chi connectivity index (χ2v) is 7.57. The maximum absolute atomic E-state index is 12.9. The molecule has 1 amide bonds. The first-order chi connectivity index (χ1) is 15.0. The highest BCUT2D eigenvalue weighted by Crippen LogP contribution is 2.35. The number of nitrogens with zero attached hydrogens (tertiary/aromatic N) is 2. The van der Waals surface area contributed by atoms with E-state index in [1.165, 1.54) is 24.5 Å². The smallest absolute Gasteiger partial charge is 0.456 e. The number of aromatic nitrogens is 2. The highest BCUT2D eigenvalue weighted by Gasteiger charge is 2.58. The minimum atomic E-state index is -5.72. The number of Topliss-reactive ketones (excluding diaryl/α,β-unsaturated/α-hetero) is 1. The average molecular weight is 457 g/mol. The lowest BCUT2D eigenvalue weighted by Crippen LogP contribution is -2.41. The van der Waals surface area contributed by atoms with Gasteiger partial charge in [-0.25, -0.2) is 4.98 Å². The van der Waals surface area contributed by atoms with Crippen LogP contribution in [0.3, 0.4) is 0 Å². The fourth-order valence-corrected chi connectivity index (χ4v) is 2.79. The zero-order chi connectivity index (χ0) is 23.5. The number of carbonyl (C=O) groups excluding carboxylic acids is 2. The molecule has 6 nitrogen and oxygen atoms in total. The molecule has 11 heteroatoms. The molecule has 2 aromatic heterocycles. The van der Waals surface area contributed by atoms with Crippen LogP contribution in [0.15, 0.2) is 36.7 Å². The molecule has 2 heterocycles. The standard InChI is InChI=1S/C21H20F5N3O3/c1-12(15-4-5-18(28-10-15)32-11-20(22,23)21(24,25)26)29-19(31)14-6-7-27-16(8-14)9-17(30)13-2-3-13/h4-8,10,12-13H,2-3,9,11H2,1H3,(H,29,31). The second-order valence-electron chi connectivity index (χ2n) is 7.57. The Morgan fingerprint density at radius 3 is 2.47 bits per heavy atom. The van der Waals surface area contributed by atoms with E-state index in [1.807, 2.05) is 0 Å². The predicted octanol–water partition coefficient (Wildman–Crippen LogP) is 4.07. The summed E-state index contributed by atoms with van der Waals surface area (Å²) in [5, 5.41) is 2.72. The molecule has 0 saturated heterocycles. The summed E-state index contributed by atoms with van der Waals surface area (Å²) in [6.07, 6.45) is -1.13. The molecule has 0 spiro atoms. The van der Waals surface area contributed by atoms with Gasteiger partial charge in [-0.1, -0.05) is 6.07 Å². The van der Waals surface area contributed by atoms with Crippen molar-refractivity contribution in [3.05, 3.63) is 53.5 Å². The molecule has 3 rings (SSSR count). The number of hydrogen-bond donors (Lipinski definition) is 1. The summed E-state index contributed by atoms with van der Waals surface area (Å²) < 4.78 is 66.8. The van der Waals surface area contributed by atoms with E-state index in [1.54, 1.807) is 13.0 Å². The first-order valence-electron chi connectivity index (χ1n) is 9.78. The van der Waals surface area contributed by atoms with Crippen molar-refractivity contribution < 1.29 is 36.3 Å². The Kier molecular flexibility index (Phi) is 6.75. The third-order valence-corrected chi connectivity index (χ3v) is 4.89. The van der Waals surface area contributed by atoms with Crippen molar-refractivity contribution in [3.63, 3.8) is 0 Å². The zero-order valence-electron chi connectivity index (χ0n) is 17.0. The van der Waals surface area contributed by atoms with Gasteiger partial charge in [0, 0.05) is 42.1 Å². The molecule has 2 aromatic rings. The first-order valence-corrected chi connectivity index (χ1v) is 9.78. The van der Waals surface area contributed by atoms with E-state index in [0.717, 1.165) is 18.9 Å². The summed E-state index contributed by atoms with van der Waals surface area (Å²) in [6.45, 7) is -0.241. The van der Waals surface area contributed by atoms with Crippen molar-refractivity contribution in [2.24, 2.45) is 5.92 Å². The molecular weight excluding hydrogens is 437 g/mol. The Labute approximate surface area is 180 Å². The Bertz CT molecular complexity index is 975. The van der Waals surface area contributed by atoms with E-state index < -0.39 is 36.5 Å². The van der Waals surface area contributed by atoms with Gasteiger partial charge in [0.1, 0.15) is 5.78 Å². The molecule has 0 bridgehead atoms. The van der Waals surface area contributed by atoms with Crippen LogP contribution in [-0.4, -0.2) is 40.4 Å². The van der Waals surface area contributed by atoms with Crippen molar-refractivity contribution in [1.82, 2.24) is 15.3 Å². The molecular formula is C21H20F5N3O3. The number of ether oxygens (including phenoxy) is 1. The first kappa shape index (κ1) is 23.6. The van der Waals surface area contributed by atoms with Gasteiger partial charge in [0.15, 0.2) is 6.61 Å². The van der Waals surface area contributed by atoms with Crippen LogP contribution in [0.4, 0.5) is 22.0 Å². The molecule has 0 radical (unpaired) electrons. The number of ketones is 1. The number of nitrogens with one attached hydrogen (secondary N) is 1. The van der Waals surface area contributed by atoms with E-state index in [-0.39, 0.29) is 18.1 Å². The maximum Gasteiger partial charge on any atom is 0.456 e. The predicted molar refractivity (Wildman–Crippen MR) is 102 cm³/mol. The lowest BCUT2D eigenvalue weighted by molar-refractivity contribution is -0.290. The molecule has 32 heavy (non-hydrogen) atoms. The van der Waals surface area contributed by atoms with Crippen LogP contribution in [-0.2, 0) is 11.2 Å². The van der Waals surface area contributed by atoms with Crippen LogP contribution in [0.5, 0.6) is 5.88 Å². The number of halogens is 5. The van der Waals surface area contributed by atoms with Crippen molar-refractivity contribution in [2.45, 2.75) is 44.3 Å². The minimum absolute atomic E-state index is 0.0912. The topological polar surface area (TPSA) is 81.2 Å². The van der Waals surface area contributed by atoms with Gasteiger partial charge < -0.3 is 10.1 Å². The fraction of sp³-hybridized carbons (Fsp3) is 0.429. The molecule has 1 N–H and O–H groups in total. The Hall–Kier alpha value is -3.11. The van der Waals surface area contributed by atoms with E-state index in [0.29, 0.717) is 16.8 Å². The third kappa shape index (κ3) is 5.98. The fourth-order valence-electron chi connectivity index (χ4n) is 2.79. The summed E-state index contributed by atoms with van der Waals surface area (Å²) in [5.74, 6) is -5.64. The summed E-state index contributed by atoms with van der Waals surface area (Å²) in [6, 6.07) is 5.02. The zero-order valence-corrected chi connectivity index (χ0v) is 17.0. The van der Waals surface area contributed by atoms with Crippen molar-refractivity contribution in [1.29, 1.82) is 0 Å². The maximum atomic E-state index is 12.9. The Morgan fingerprint density at radius 2 is 1.88 bits per heavy atom. The van der Waals surface area contributed by atoms with Crippen LogP contribution in [0, 0.1) is 5.92 Å². The van der Waals surface area contributed by atoms with E-state index >= 15 is 0 Å². The van der Waals surface area contributed by atoms with Crippen LogP contribution in [0.1, 0.15) is 47.4 Å². The molecule has 172 valence electrons. The molecule has 0 aliphatic heterocycles. The monoisotopic (exact) mass is 457 g/mol. The van der Waals surface area contributed by atoms with Gasteiger partial charge >= 0.3 is 12.1 Å². The van der Waals surface area contributed by atoms with Gasteiger partial charge in [-0.15, -0.1) is 0 Å². The normalized spacial score (nSPS) is 15.2. The molecule has 1 saturated carbocycles. The Morgan fingerprint density at radius 1 is 1.16 bits per heavy atom. The van der Waals surface area contributed by atoms with Crippen LogP contribution in [0.2, 0.25) is 0 Å².